The number of carbonyl (C=O) groups is 1. The van der Waals surface area contributed by atoms with E-state index in [1.54, 1.807) is 13.2 Å². The zero-order valence-corrected chi connectivity index (χ0v) is 13.8. The topological polar surface area (TPSA) is 64.7 Å². The molecule has 0 fully saturated rings. The normalized spacial score (nSPS) is 11.5. The van der Waals surface area contributed by atoms with Crippen LogP contribution < -0.4 is 5.32 Å². The summed E-state index contributed by atoms with van der Waals surface area (Å²) in [6, 6.07) is 0. The van der Waals surface area contributed by atoms with Gasteiger partial charge in [0.25, 0.3) is 6.43 Å². The van der Waals surface area contributed by atoms with Gasteiger partial charge in [-0.1, -0.05) is 25.4 Å². The zero-order valence-electron chi connectivity index (χ0n) is 13.1. The van der Waals surface area contributed by atoms with E-state index in [0.717, 1.165) is 0 Å². The molecule has 2 rings (SSSR count). The standard InChI is InChI=1S/C14H18ClF2N5O/c1-8(2)5-22-7-10(12(19-22)14(16)17)18-11(23)4-9-6-21(3)20-13(9)15/h6-8,14H,4-5H2,1-3H3,(H,18,23). The van der Waals surface area contributed by atoms with Crippen molar-refractivity contribution in [2.24, 2.45) is 13.0 Å². The van der Waals surface area contributed by atoms with E-state index < -0.39 is 18.0 Å². The fraction of sp³-hybridized carbons (Fsp3) is 0.500. The number of aromatic nitrogens is 4. The number of carbonyl (C=O) groups excluding carboxylic acids is 1. The number of nitrogens with one attached hydrogen (secondary N) is 1. The summed E-state index contributed by atoms with van der Waals surface area (Å²) in [6.45, 7) is 4.39. The van der Waals surface area contributed by atoms with Crippen LogP contribution in [0.1, 0.15) is 31.5 Å². The van der Waals surface area contributed by atoms with Crippen LogP contribution >= 0.6 is 11.6 Å². The minimum Gasteiger partial charge on any atom is -0.323 e. The van der Waals surface area contributed by atoms with E-state index in [1.165, 1.54) is 15.6 Å². The van der Waals surface area contributed by atoms with E-state index in [0.29, 0.717) is 12.1 Å². The molecule has 2 heterocycles. The minimum absolute atomic E-state index is 0.0191. The third kappa shape index (κ3) is 4.51. The predicted molar refractivity (Wildman–Crippen MR) is 82.6 cm³/mol. The van der Waals surface area contributed by atoms with Crippen molar-refractivity contribution >= 4 is 23.2 Å². The first kappa shape index (κ1) is 17.4. The van der Waals surface area contributed by atoms with Crippen LogP contribution in [0, 0.1) is 5.92 Å². The van der Waals surface area contributed by atoms with E-state index in [4.69, 9.17) is 11.6 Å². The largest absolute Gasteiger partial charge is 0.323 e. The molecule has 1 N–H and O–H groups in total. The lowest BCUT2D eigenvalue weighted by Crippen LogP contribution is -2.15. The van der Waals surface area contributed by atoms with Gasteiger partial charge in [0.2, 0.25) is 5.91 Å². The molecule has 0 radical (unpaired) electrons. The van der Waals surface area contributed by atoms with Gasteiger partial charge < -0.3 is 5.32 Å². The van der Waals surface area contributed by atoms with Crippen molar-refractivity contribution in [3.05, 3.63) is 28.8 Å². The van der Waals surface area contributed by atoms with Crippen molar-refractivity contribution < 1.29 is 13.6 Å². The molecule has 0 bridgehead atoms. The number of halogens is 3. The number of rotatable bonds is 6. The Kier molecular flexibility index (Phi) is 5.35. The number of aryl methyl sites for hydroxylation is 1. The van der Waals surface area contributed by atoms with Gasteiger partial charge in [0, 0.05) is 31.5 Å². The van der Waals surface area contributed by atoms with Crippen LogP contribution in [0.25, 0.3) is 0 Å². The van der Waals surface area contributed by atoms with E-state index in [2.05, 4.69) is 15.5 Å². The van der Waals surface area contributed by atoms with Crippen molar-refractivity contribution in [3.8, 4) is 0 Å². The molecule has 0 spiro atoms. The second-order valence-electron chi connectivity index (χ2n) is 5.69. The Balaban J connectivity index is 2.13. The summed E-state index contributed by atoms with van der Waals surface area (Å²) in [4.78, 5) is 12.1. The highest BCUT2D eigenvalue weighted by Gasteiger charge is 2.21. The van der Waals surface area contributed by atoms with Gasteiger partial charge in [0.1, 0.15) is 0 Å². The van der Waals surface area contributed by atoms with Gasteiger partial charge >= 0.3 is 0 Å². The lowest BCUT2D eigenvalue weighted by molar-refractivity contribution is -0.115. The number of amides is 1. The Labute approximate surface area is 137 Å². The lowest BCUT2D eigenvalue weighted by atomic mass is 10.2. The molecule has 0 saturated carbocycles. The molecule has 9 heteroatoms. The predicted octanol–water partition coefficient (Wildman–Crippen LogP) is 3.04. The van der Waals surface area contributed by atoms with Crippen LogP contribution in [0.15, 0.2) is 12.4 Å². The summed E-state index contributed by atoms with van der Waals surface area (Å²) in [5, 5.41) is 10.4. The summed E-state index contributed by atoms with van der Waals surface area (Å²) >= 11 is 5.89. The van der Waals surface area contributed by atoms with E-state index in [-0.39, 0.29) is 23.2 Å². The number of anilines is 1. The van der Waals surface area contributed by atoms with Crippen LogP contribution in [0.4, 0.5) is 14.5 Å². The summed E-state index contributed by atoms with van der Waals surface area (Å²) < 4.78 is 29.0. The van der Waals surface area contributed by atoms with Crippen LogP contribution in [0.3, 0.4) is 0 Å². The average Bonchev–Trinajstić information content (AvgIpc) is 2.92. The van der Waals surface area contributed by atoms with Crippen LogP contribution in [0.2, 0.25) is 5.15 Å². The van der Waals surface area contributed by atoms with Crippen LogP contribution in [-0.2, 0) is 24.8 Å². The molecule has 6 nitrogen and oxygen atoms in total. The summed E-state index contributed by atoms with van der Waals surface area (Å²) in [5.74, 6) is -0.205. The molecule has 0 unspecified atom stereocenters. The zero-order chi connectivity index (χ0) is 17.1. The molecule has 2 aromatic rings. The number of hydrogen-bond acceptors (Lipinski definition) is 3. The molecule has 1 amide bonds. The highest BCUT2D eigenvalue weighted by atomic mass is 35.5. The second-order valence-corrected chi connectivity index (χ2v) is 6.05. The molecule has 0 aliphatic heterocycles. The minimum atomic E-state index is -2.76. The molecule has 126 valence electrons. The molecule has 23 heavy (non-hydrogen) atoms. The van der Waals surface area contributed by atoms with Crippen molar-refractivity contribution in [2.45, 2.75) is 33.2 Å². The van der Waals surface area contributed by atoms with Gasteiger partial charge in [-0.3, -0.25) is 14.2 Å². The van der Waals surface area contributed by atoms with Gasteiger partial charge in [-0.15, -0.1) is 0 Å². The SMILES string of the molecule is CC(C)Cn1cc(NC(=O)Cc2cn(C)nc2Cl)c(C(F)F)n1. The van der Waals surface area contributed by atoms with Gasteiger partial charge in [-0.2, -0.15) is 10.2 Å². The Morgan fingerprint density at radius 2 is 2.04 bits per heavy atom. The quantitative estimate of drug-likeness (QED) is 0.875. The maximum absolute atomic E-state index is 13.1. The van der Waals surface area contributed by atoms with Crippen molar-refractivity contribution in [1.82, 2.24) is 19.6 Å². The Morgan fingerprint density at radius 1 is 1.35 bits per heavy atom. The molecule has 0 aliphatic rings. The maximum atomic E-state index is 13.1. The monoisotopic (exact) mass is 345 g/mol. The first-order chi connectivity index (χ1) is 10.8. The van der Waals surface area contributed by atoms with E-state index >= 15 is 0 Å². The van der Waals surface area contributed by atoms with Crippen molar-refractivity contribution in [1.29, 1.82) is 0 Å². The number of alkyl halides is 2. The molecular weight excluding hydrogens is 328 g/mol. The van der Waals surface area contributed by atoms with Gasteiger partial charge in [-0.25, -0.2) is 8.78 Å². The Hall–Kier alpha value is -1.96. The molecule has 0 atom stereocenters. The highest BCUT2D eigenvalue weighted by molar-refractivity contribution is 6.30. The third-order valence-electron chi connectivity index (χ3n) is 3.03. The maximum Gasteiger partial charge on any atom is 0.284 e. The van der Waals surface area contributed by atoms with Gasteiger partial charge in [0.05, 0.1) is 12.1 Å². The first-order valence-electron chi connectivity index (χ1n) is 7.09. The number of hydrogen-bond donors (Lipinski definition) is 1. The Morgan fingerprint density at radius 3 is 2.57 bits per heavy atom. The Bertz CT molecular complexity index is 695. The summed E-state index contributed by atoms with van der Waals surface area (Å²) in [6.07, 6.45) is 0.216. The highest BCUT2D eigenvalue weighted by Crippen LogP contribution is 2.26. The smallest absolute Gasteiger partial charge is 0.284 e. The van der Waals surface area contributed by atoms with Gasteiger partial charge in [0.15, 0.2) is 10.8 Å². The van der Waals surface area contributed by atoms with E-state index in [1.807, 2.05) is 13.8 Å². The number of nitrogens with zero attached hydrogens (tertiary/aromatic N) is 4. The first-order valence-corrected chi connectivity index (χ1v) is 7.47. The molecule has 2 aromatic heterocycles. The van der Waals surface area contributed by atoms with Crippen LogP contribution in [0.5, 0.6) is 0 Å². The van der Waals surface area contributed by atoms with Crippen LogP contribution in [-0.4, -0.2) is 25.5 Å². The fourth-order valence-corrected chi connectivity index (χ4v) is 2.39. The third-order valence-corrected chi connectivity index (χ3v) is 3.35. The molecular formula is C14H18ClF2N5O. The van der Waals surface area contributed by atoms with E-state index in [9.17, 15) is 13.6 Å². The lowest BCUT2D eigenvalue weighted by Gasteiger charge is -2.04. The summed E-state index contributed by atoms with van der Waals surface area (Å²) in [5.41, 5.74) is 0.113. The molecule has 0 aliphatic carbocycles. The van der Waals surface area contributed by atoms with Gasteiger partial charge in [-0.05, 0) is 5.92 Å². The molecule has 0 saturated heterocycles. The summed E-state index contributed by atoms with van der Waals surface area (Å²) in [7, 11) is 1.68. The average molecular weight is 346 g/mol. The fourth-order valence-electron chi connectivity index (χ4n) is 2.16. The van der Waals surface area contributed by atoms with Crippen molar-refractivity contribution in [2.75, 3.05) is 5.32 Å². The van der Waals surface area contributed by atoms with Crippen molar-refractivity contribution in [3.63, 3.8) is 0 Å². The molecule has 0 aromatic carbocycles. The second kappa shape index (κ2) is 7.08.